The number of rotatable bonds is 2. The summed E-state index contributed by atoms with van der Waals surface area (Å²) in [6, 6.07) is 0.966. The summed E-state index contributed by atoms with van der Waals surface area (Å²) in [6.07, 6.45) is 0. The van der Waals surface area contributed by atoms with Gasteiger partial charge in [0, 0.05) is 0 Å². The van der Waals surface area contributed by atoms with E-state index in [0.717, 1.165) is 6.07 Å². The molecule has 88 valence electrons. The standard InChI is InChI=1S/C8H12N4O4/c1-8(2,3)16-7(13)5-4-6(12(14)15)11(9)10-5/h4H,9H2,1-3H3. The zero-order valence-corrected chi connectivity index (χ0v) is 9.13. The number of aromatic nitrogens is 2. The van der Waals surface area contributed by atoms with Crippen molar-refractivity contribution in [1.29, 1.82) is 0 Å². The van der Waals surface area contributed by atoms with Gasteiger partial charge in [-0.15, -0.1) is 0 Å². The van der Waals surface area contributed by atoms with Gasteiger partial charge in [-0.1, -0.05) is 0 Å². The van der Waals surface area contributed by atoms with Crippen molar-refractivity contribution in [3.05, 3.63) is 21.9 Å². The monoisotopic (exact) mass is 228 g/mol. The van der Waals surface area contributed by atoms with Crippen LogP contribution in [0.15, 0.2) is 6.07 Å². The Hall–Kier alpha value is -2.12. The van der Waals surface area contributed by atoms with Crippen molar-refractivity contribution in [2.24, 2.45) is 0 Å². The van der Waals surface area contributed by atoms with Gasteiger partial charge in [0.2, 0.25) is 5.69 Å². The quantitative estimate of drug-likeness (QED) is 0.340. The number of nitrogens with two attached hydrogens (primary N) is 1. The van der Waals surface area contributed by atoms with Crippen LogP contribution in [0.1, 0.15) is 31.3 Å². The van der Waals surface area contributed by atoms with Crippen LogP contribution in [0.5, 0.6) is 0 Å². The predicted molar refractivity (Wildman–Crippen MR) is 54.2 cm³/mol. The normalized spacial score (nSPS) is 11.2. The Morgan fingerprint density at radius 2 is 2.19 bits per heavy atom. The van der Waals surface area contributed by atoms with Crippen LogP contribution >= 0.6 is 0 Å². The third kappa shape index (κ3) is 2.69. The molecule has 0 bridgehead atoms. The Labute approximate surface area is 91.1 Å². The molecule has 2 N–H and O–H groups in total. The first-order valence-corrected chi connectivity index (χ1v) is 4.43. The fraction of sp³-hybridized carbons (Fsp3) is 0.500. The summed E-state index contributed by atoms with van der Waals surface area (Å²) in [7, 11) is 0. The lowest BCUT2D eigenvalue weighted by Gasteiger charge is -2.18. The van der Waals surface area contributed by atoms with Crippen molar-refractivity contribution in [1.82, 2.24) is 9.89 Å². The Bertz CT molecular complexity index is 432. The molecule has 0 saturated heterocycles. The van der Waals surface area contributed by atoms with Gasteiger partial charge in [0.15, 0.2) is 0 Å². The minimum atomic E-state index is -0.750. The molecule has 0 spiro atoms. The molecule has 0 aromatic carbocycles. The number of nitrogens with zero attached hydrogens (tertiary/aromatic N) is 3. The average molecular weight is 228 g/mol. The number of carbonyl (C=O) groups excluding carboxylic acids is 1. The zero-order valence-electron chi connectivity index (χ0n) is 9.13. The van der Waals surface area contributed by atoms with Gasteiger partial charge in [0.25, 0.3) is 0 Å². The van der Waals surface area contributed by atoms with E-state index in [-0.39, 0.29) is 5.69 Å². The third-order valence-corrected chi connectivity index (χ3v) is 1.51. The lowest BCUT2D eigenvalue weighted by molar-refractivity contribution is -0.391. The fourth-order valence-corrected chi connectivity index (χ4v) is 0.951. The number of carbonyl (C=O) groups is 1. The number of ether oxygens (including phenoxy) is 1. The molecule has 0 saturated carbocycles. The third-order valence-electron chi connectivity index (χ3n) is 1.51. The zero-order chi connectivity index (χ0) is 12.5. The molecule has 0 aliphatic rings. The van der Waals surface area contributed by atoms with E-state index in [1.165, 1.54) is 0 Å². The summed E-state index contributed by atoms with van der Waals surface area (Å²) in [5, 5.41) is 13.9. The molecule has 0 fully saturated rings. The highest BCUT2D eigenvalue weighted by molar-refractivity contribution is 5.88. The molecule has 0 radical (unpaired) electrons. The summed E-state index contributed by atoms with van der Waals surface area (Å²) in [6.45, 7) is 5.04. The van der Waals surface area contributed by atoms with Crippen molar-refractivity contribution in [2.75, 3.05) is 5.84 Å². The molecule has 16 heavy (non-hydrogen) atoms. The Morgan fingerprint density at radius 1 is 1.62 bits per heavy atom. The Morgan fingerprint density at radius 3 is 2.56 bits per heavy atom. The molecule has 1 rings (SSSR count). The minimum absolute atomic E-state index is 0.191. The van der Waals surface area contributed by atoms with Crippen LogP contribution in [-0.4, -0.2) is 26.4 Å². The lowest BCUT2D eigenvalue weighted by atomic mass is 10.2. The molecule has 0 amide bonds. The smallest absolute Gasteiger partial charge is 0.369 e. The molecule has 0 aliphatic carbocycles. The van der Waals surface area contributed by atoms with Crippen LogP contribution in [0.4, 0.5) is 5.82 Å². The lowest BCUT2D eigenvalue weighted by Crippen LogP contribution is -2.24. The predicted octanol–water partition coefficient (Wildman–Crippen LogP) is 0.460. The first kappa shape index (κ1) is 12.0. The maximum Gasteiger partial charge on any atom is 0.369 e. The van der Waals surface area contributed by atoms with Crippen molar-refractivity contribution in [3.63, 3.8) is 0 Å². The second kappa shape index (κ2) is 3.80. The van der Waals surface area contributed by atoms with Crippen LogP contribution in [-0.2, 0) is 4.74 Å². The van der Waals surface area contributed by atoms with Crippen LogP contribution in [0.2, 0.25) is 0 Å². The summed E-state index contributed by atoms with van der Waals surface area (Å²) < 4.78 is 4.98. The largest absolute Gasteiger partial charge is 0.455 e. The van der Waals surface area contributed by atoms with Gasteiger partial charge in [-0.3, -0.25) is 0 Å². The van der Waals surface area contributed by atoms with E-state index in [2.05, 4.69) is 5.10 Å². The number of nitro groups is 1. The SMILES string of the molecule is CC(C)(C)OC(=O)c1cc([N+](=O)[O-])n(N)n1. The molecule has 1 aromatic heterocycles. The molecule has 8 heteroatoms. The van der Waals surface area contributed by atoms with Gasteiger partial charge in [0.05, 0.1) is 6.07 Å². The maximum absolute atomic E-state index is 11.5. The van der Waals surface area contributed by atoms with E-state index in [1.807, 2.05) is 0 Å². The molecule has 1 aromatic rings. The van der Waals surface area contributed by atoms with Crippen LogP contribution < -0.4 is 5.84 Å². The molecule has 0 unspecified atom stereocenters. The van der Waals surface area contributed by atoms with Gasteiger partial charge >= 0.3 is 11.8 Å². The topological polar surface area (TPSA) is 113 Å². The average Bonchev–Trinajstić information content (AvgIpc) is 2.44. The van der Waals surface area contributed by atoms with Crippen LogP contribution in [0.25, 0.3) is 0 Å². The number of nitrogen functional groups attached to an aromatic ring is 1. The van der Waals surface area contributed by atoms with Gasteiger partial charge in [-0.05, 0) is 35.6 Å². The molecular formula is C8H12N4O4. The number of hydrogen-bond acceptors (Lipinski definition) is 6. The van der Waals surface area contributed by atoms with Crippen LogP contribution in [0, 0.1) is 10.1 Å². The van der Waals surface area contributed by atoms with E-state index in [1.54, 1.807) is 20.8 Å². The van der Waals surface area contributed by atoms with E-state index in [4.69, 9.17) is 10.6 Å². The Kier molecular flexibility index (Phi) is 2.84. The number of esters is 1. The molecule has 8 nitrogen and oxygen atoms in total. The highest BCUT2D eigenvalue weighted by Crippen LogP contribution is 2.15. The van der Waals surface area contributed by atoms with Gasteiger partial charge < -0.3 is 14.9 Å². The maximum atomic E-state index is 11.5. The van der Waals surface area contributed by atoms with E-state index >= 15 is 0 Å². The summed E-state index contributed by atoms with van der Waals surface area (Å²) in [4.78, 5) is 21.7. The van der Waals surface area contributed by atoms with Crippen molar-refractivity contribution < 1.29 is 14.5 Å². The van der Waals surface area contributed by atoms with E-state index < -0.39 is 22.3 Å². The number of hydrogen-bond donors (Lipinski definition) is 1. The molecule has 0 aliphatic heterocycles. The second-order valence-electron chi connectivity index (χ2n) is 4.09. The Balaban J connectivity index is 2.94. The first-order valence-electron chi connectivity index (χ1n) is 4.43. The minimum Gasteiger partial charge on any atom is -0.455 e. The van der Waals surface area contributed by atoms with E-state index in [9.17, 15) is 14.9 Å². The fourth-order valence-electron chi connectivity index (χ4n) is 0.951. The van der Waals surface area contributed by atoms with Gasteiger partial charge in [0.1, 0.15) is 5.60 Å². The first-order chi connectivity index (χ1) is 7.20. The molecule has 1 heterocycles. The van der Waals surface area contributed by atoms with E-state index in [0.29, 0.717) is 4.79 Å². The van der Waals surface area contributed by atoms with Crippen molar-refractivity contribution >= 4 is 11.8 Å². The van der Waals surface area contributed by atoms with Gasteiger partial charge in [-0.25, -0.2) is 10.6 Å². The second-order valence-corrected chi connectivity index (χ2v) is 4.09. The van der Waals surface area contributed by atoms with Gasteiger partial charge in [-0.2, -0.15) is 0 Å². The van der Waals surface area contributed by atoms with Crippen LogP contribution in [0.3, 0.4) is 0 Å². The van der Waals surface area contributed by atoms with Crippen molar-refractivity contribution in [2.45, 2.75) is 26.4 Å². The highest BCUT2D eigenvalue weighted by atomic mass is 16.6. The summed E-state index contributed by atoms with van der Waals surface area (Å²) in [5.74, 6) is 3.98. The van der Waals surface area contributed by atoms with Crippen molar-refractivity contribution in [3.8, 4) is 0 Å². The highest BCUT2D eigenvalue weighted by Gasteiger charge is 2.25. The summed E-state index contributed by atoms with van der Waals surface area (Å²) >= 11 is 0. The molecule has 0 atom stereocenters. The summed E-state index contributed by atoms with van der Waals surface area (Å²) in [5.41, 5.74) is -0.881. The molecular weight excluding hydrogens is 216 g/mol.